The molecular weight excluding hydrogens is 263 g/mol. The van der Waals surface area contributed by atoms with E-state index in [1.807, 2.05) is 0 Å². The van der Waals surface area contributed by atoms with Crippen molar-refractivity contribution >= 4 is 12.4 Å². The van der Waals surface area contributed by atoms with Crippen molar-refractivity contribution < 1.29 is 13.2 Å². The van der Waals surface area contributed by atoms with Gasteiger partial charge in [-0.2, -0.15) is 0 Å². The van der Waals surface area contributed by atoms with Gasteiger partial charge in [-0.15, -0.1) is 12.4 Å². The second-order valence-electron chi connectivity index (χ2n) is 3.66. The highest BCUT2D eigenvalue weighted by Crippen LogP contribution is 2.24. The molecule has 0 heterocycles. The van der Waals surface area contributed by atoms with Crippen molar-refractivity contribution in [3.8, 4) is 11.1 Å². The lowest BCUT2D eigenvalue weighted by molar-refractivity contribution is 0.447. The van der Waals surface area contributed by atoms with E-state index >= 15 is 0 Å². The largest absolute Gasteiger partial charge is 0.326 e. The zero-order chi connectivity index (χ0) is 12.4. The quantitative estimate of drug-likeness (QED) is 0.831. The second kappa shape index (κ2) is 5.89. The van der Waals surface area contributed by atoms with Crippen molar-refractivity contribution in [2.45, 2.75) is 6.54 Å². The van der Waals surface area contributed by atoms with E-state index in [2.05, 4.69) is 0 Å². The van der Waals surface area contributed by atoms with Gasteiger partial charge < -0.3 is 5.73 Å². The van der Waals surface area contributed by atoms with Crippen molar-refractivity contribution in [3.63, 3.8) is 0 Å². The van der Waals surface area contributed by atoms with E-state index in [-0.39, 0.29) is 18.0 Å². The Kier molecular flexibility index (Phi) is 4.76. The molecule has 1 nitrogen and oxygen atoms in total. The smallest absolute Gasteiger partial charge is 0.194 e. The van der Waals surface area contributed by atoms with E-state index in [0.29, 0.717) is 12.1 Å². The molecule has 96 valence electrons. The lowest BCUT2D eigenvalue weighted by atomic mass is 10.0. The van der Waals surface area contributed by atoms with Crippen LogP contribution in [0.1, 0.15) is 5.56 Å². The fraction of sp³-hybridized carbons (Fsp3) is 0.0769. The molecule has 5 heteroatoms. The highest BCUT2D eigenvalue weighted by Gasteiger charge is 2.11. The van der Waals surface area contributed by atoms with Crippen LogP contribution in [0, 0.1) is 17.5 Å². The Bertz CT molecular complexity index is 535. The molecule has 2 aromatic rings. The van der Waals surface area contributed by atoms with Crippen molar-refractivity contribution in [3.05, 3.63) is 59.4 Å². The van der Waals surface area contributed by atoms with Gasteiger partial charge in [-0.25, -0.2) is 13.2 Å². The second-order valence-corrected chi connectivity index (χ2v) is 3.66. The van der Waals surface area contributed by atoms with Crippen LogP contribution in [0.2, 0.25) is 0 Å². The zero-order valence-electron chi connectivity index (χ0n) is 9.29. The lowest BCUT2D eigenvalue weighted by Gasteiger charge is -2.05. The molecule has 18 heavy (non-hydrogen) atoms. The molecule has 0 saturated heterocycles. The van der Waals surface area contributed by atoms with E-state index in [4.69, 9.17) is 5.73 Å². The molecule has 0 aromatic heterocycles. The number of halogens is 4. The maximum Gasteiger partial charge on any atom is 0.194 e. The fourth-order valence-electron chi connectivity index (χ4n) is 1.60. The Hall–Kier alpha value is -1.52. The van der Waals surface area contributed by atoms with Crippen LogP contribution in [0.25, 0.3) is 11.1 Å². The number of rotatable bonds is 2. The van der Waals surface area contributed by atoms with Crippen molar-refractivity contribution in [1.29, 1.82) is 0 Å². The maximum absolute atomic E-state index is 13.1. The standard InChI is InChI=1S/C13H10F3N.ClH/c14-11-5-10(6-12(15)13(11)16)9-3-1-2-8(4-9)7-17;/h1-6H,7,17H2;1H. The summed E-state index contributed by atoms with van der Waals surface area (Å²) in [5, 5.41) is 0. The SMILES string of the molecule is Cl.NCc1cccc(-c2cc(F)c(F)c(F)c2)c1. The van der Waals surface area contributed by atoms with Gasteiger partial charge in [0.05, 0.1) is 0 Å². The molecule has 2 N–H and O–H groups in total. The molecule has 0 amide bonds. The molecule has 0 aliphatic carbocycles. The van der Waals surface area contributed by atoms with E-state index in [1.165, 1.54) is 0 Å². The van der Waals surface area contributed by atoms with Gasteiger partial charge in [0, 0.05) is 6.54 Å². The molecule has 0 aliphatic rings. The molecule has 0 fully saturated rings. The van der Waals surface area contributed by atoms with Gasteiger partial charge in [-0.3, -0.25) is 0 Å². The predicted octanol–water partition coefficient (Wildman–Crippen LogP) is 3.65. The molecular formula is C13H11ClF3N. The Balaban J connectivity index is 0.00000162. The van der Waals surface area contributed by atoms with E-state index in [0.717, 1.165) is 17.7 Å². The first-order chi connectivity index (χ1) is 8.11. The summed E-state index contributed by atoms with van der Waals surface area (Å²) < 4.78 is 38.9. The third-order valence-corrected chi connectivity index (χ3v) is 2.48. The molecule has 0 spiro atoms. The minimum absolute atomic E-state index is 0. The Morgan fingerprint density at radius 3 is 2.06 bits per heavy atom. The molecule has 0 saturated carbocycles. The molecule has 0 aliphatic heterocycles. The highest BCUT2D eigenvalue weighted by molar-refractivity contribution is 5.85. The minimum atomic E-state index is -1.45. The Morgan fingerprint density at radius 1 is 0.889 bits per heavy atom. The topological polar surface area (TPSA) is 26.0 Å². The maximum atomic E-state index is 13.1. The third kappa shape index (κ3) is 2.83. The van der Waals surface area contributed by atoms with Gasteiger partial charge in [0.2, 0.25) is 0 Å². The normalized spacial score (nSPS) is 10.0. The number of nitrogens with two attached hydrogens (primary N) is 1. The summed E-state index contributed by atoms with van der Waals surface area (Å²) in [5.74, 6) is -3.85. The minimum Gasteiger partial charge on any atom is -0.326 e. The summed E-state index contributed by atoms with van der Waals surface area (Å²) in [6, 6.07) is 8.87. The highest BCUT2D eigenvalue weighted by atomic mass is 35.5. The number of hydrogen-bond acceptors (Lipinski definition) is 1. The van der Waals surface area contributed by atoms with Crippen LogP contribution in [0.5, 0.6) is 0 Å². The number of benzene rings is 2. The van der Waals surface area contributed by atoms with Gasteiger partial charge in [0.1, 0.15) is 0 Å². The van der Waals surface area contributed by atoms with Crippen molar-refractivity contribution in [1.82, 2.24) is 0 Å². The van der Waals surface area contributed by atoms with Gasteiger partial charge in [-0.1, -0.05) is 18.2 Å². The van der Waals surface area contributed by atoms with Crippen LogP contribution in [0.3, 0.4) is 0 Å². The van der Waals surface area contributed by atoms with Crippen LogP contribution in [-0.2, 0) is 6.54 Å². The zero-order valence-corrected chi connectivity index (χ0v) is 10.1. The van der Waals surface area contributed by atoms with Crippen LogP contribution in [0.4, 0.5) is 13.2 Å². The van der Waals surface area contributed by atoms with Crippen LogP contribution >= 0.6 is 12.4 Å². The third-order valence-electron chi connectivity index (χ3n) is 2.48. The Labute approximate surface area is 109 Å². The Morgan fingerprint density at radius 2 is 1.50 bits per heavy atom. The van der Waals surface area contributed by atoms with E-state index < -0.39 is 17.5 Å². The van der Waals surface area contributed by atoms with Crippen LogP contribution in [-0.4, -0.2) is 0 Å². The predicted molar refractivity (Wildman–Crippen MR) is 66.9 cm³/mol. The van der Waals surface area contributed by atoms with Crippen molar-refractivity contribution in [2.75, 3.05) is 0 Å². The van der Waals surface area contributed by atoms with Crippen molar-refractivity contribution in [2.24, 2.45) is 5.73 Å². The lowest BCUT2D eigenvalue weighted by Crippen LogP contribution is -1.96. The summed E-state index contributed by atoms with van der Waals surface area (Å²) >= 11 is 0. The first kappa shape index (κ1) is 14.5. The van der Waals surface area contributed by atoms with Gasteiger partial charge in [0.15, 0.2) is 17.5 Å². The summed E-state index contributed by atoms with van der Waals surface area (Å²) in [6.45, 7) is 0.333. The molecule has 0 radical (unpaired) electrons. The molecule has 0 atom stereocenters. The van der Waals surface area contributed by atoms with Gasteiger partial charge in [0.25, 0.3) is 0 Å². The molecule has 2 rings (SSSR count). The summed E-state index contributed by atoms with van der Waals surface area (Å²) in [5.41, 5.74) is 7.20. The monoisotopic (exact) mass is 273 g/mol. The first-order valence-corrected chi connectivity index (χ1v) is 5.05. The average molecular weight is 274 g/mol. The number of hydrogen-bond donors (Lipinski definition) is 1. The van der Waals surface area contributed by atoms with Gasteiger partial charge >= 0.3 is 0 Å². The molecule has 0 bridgehead atoms. The van der Waals surface area contributed by atoms with E-state index in [1.54, 1.807) is 24.3 Å². The van der Waals surface area contributed by atoms with Gasteiger partial charge in [-0.05, 0) is 34.9 Å². The summed E-state index contributed by atoms with van der Waals surface area (Å²) in [4.78, 5) is 0. The van der Waals surface area contributed by atoms with Crippen LogP contribution in [0.15, 0.2) is 36.4 Å². The molecule has 2 aromatic carbocycles. The van der Waals surface area contributed by atoms with Crippen LogP contribution < -0.4 is 5.73 Å². The summed E-state index contributed by atoms with van der Waals surface area (Å²) in [6.07, 6.45) is 0. The first-order valence-electron chi connectivity index (χ1n) is 5.05. The fourth-order valence-corrected chi connectivity index (χ4v) is 1.60. The van der Waals surface area contributed by atoms with E-state index in [9.17, 15) is 13.2 Å². The summed E-state index contributed by atoms with van der Waals surface area (Å²) in [7, 11) is 0. The average Bonchev–Trinajstić information content (AvgIpc) is 2.35. The molecule has 0 unspecified atom stereocenters.